The molecule has 9 heteroatoms. The van der Waals surface area contributed by atoms with Gasteiger partial charge in [0.2, 0.25) is 0 Å². The van der Waals surface area contributed by atoms with Gasteiger partial charge in [0.15, 0.2) is 0 Å². The maximum Gasteiger partial charge on any atom is 0.325 e. The summed E-state index contributed by atoms with van der Waals surface area (Å²) in [6.45, 7) is 2.79. The first-order valence-corrected chi connectivity index (χ1v) is 9.81. The molecule has 2 aromatic heterocycles. The van der Waals surface area contributed by atoms with E-state index in [1.807, 2.05) is 6.92 Å². The molecule has 0 unspecified atom stereocenters. The number of halogens is 1. The first-order valence-electron chi connectivity index (χ1n) is 8.99. The summed E-state index contributed by atoms with van der Waals surface area (Å²) in [7, 11) is 2.82. The van der Waals surface area contributed by atoms with E-state index in [4.69, 9.17) is 9.47 Å². The molecule has 0 saturated heterocycles. The number of carbonyl (C=O) groups is 2. The molecule has 0 aliphatic heterocycles. The van der Waals surface area contributed by atoms with Crippen LogP contribution in [0.4, 0.5) is 4.39 Å². The highest BCUT2D eigenvalue weighted by molar-refractivity contribution is 7.20. The van der Waals surface area contributed by atoms with Crippen molar-refractivity contribution in [3.8, 4) is 0 Å². The van der Waals surface area contributed by atoms with Gasteiger partial charge in [0, 0.05) is 19.0 Å². The van der Waals surface area contributed by atoms with Gasteiger partial charge in [0.1, 0.15) is 17.2 Å². The molecule has 0 N–H and O–H groups in total. The quantitative estimate of drug-likeness (QED) is 0.525. The number of hydrogen-bond acceptors (Lipinski definition) is 6. The summed E-state index contributed by atoms with van der Waals surface area (Å²) in [6, 6.07) is 8.03. The number of amides is 1. The average Bonchev–Trinajstić information content (AvgIpc) is 3.27. The van der Waals surface area contributed by atoms with Crippen LogP contribution < -0.4 is 0 Å². The Bertz CT molecular complexity index is 1010. The molecule has 29 heavy (non-hydrogen) atoms. The maximum absolute atomic E-state index is 13.2. The van der Waals surface area contributed by atoms with Crippen molar-refractivity contribution in [3.63, 3.8) is 0 Å². The number of nitrogens with zero attached hydrogens (tertiary/aromatic N) is 3. The smallest absolute Gasteiger partial charge is 0.325 e. The van der Waals surface area contributed by atoms with E-state index in [0.29, 0.717) is 18.0 Å². The second-order valence-electron chi connectivity index (χ2n) is 6.49. The highest BCUT2D eigenvalue weighted by atomic mass is 32.1. The van der Waals surface area contributed by atoms with Gasteiger partial charge < -0.3 is 14.4 Å². The molecule has 0 bridgehead atoms. The Balaban J connectivity index is 1.88. The predicted molar refractivity (Wildman–Crippen MR) is 108 cm³/mol. The van der Waals surface area contributed by atoms with Crippen molar-refractivity contribution in [1.29, 1.82) is 0 Å². The van der Waals surface area contributed by atoms with Crippen LogP contribution in [0.2, 0.25) is 0 Å². The summed E-state index contributed by atoms with van der Waals surface area (Å²) >= 11 is 1.31. The topological polar surface area (TPSA) is 73.7 Å². The van der Waals surface area contributed by atoms with Crippen LogP contribution in [-0.4, -0.2) is 60.5 Å². The summed E-state index contributed by atoms with van der Waals surface area (Å²) < 4.78 is 24.7. The fraction of sp³-hybridized carbons (Fsp3) is 0.350. The van der Waals surface area contributed by atoms with Crippen molar-refractivity contribution in [2.45, 2.75) is 13.5 Å². The number of methoxy groups -OCH3 is 2. The van der Waals surface area contributed by atoms with Gasteiger partial charge in [-0.15, -0.1) is 11.3 Å². The molecule has 0 fully saturated rings. The summed E-state index contributed by atoms with van der Waals surface area (Å²) in [4.78, 5) is 27.4. The number of benzene rings is 1. The first kappa shape index (κ1) is 20.9. The van der Waals surface area contributed by atoms with Crippen LogP contribution in [0.25, 0.3) is 10.2 Å². The van der Waals surface area contributed by atoms with Gasteiger partial charge in [-0.3, -0.25) is 14.3 Å². The molecule has 0 aliphatic carbocycles. The zero-order valence-corrected chi connectivity index (χ0v) is 17.3. The molecule has 1 amide bonds. The number of fused-ring (bicyclic) bond motifs is 1. The SMILES string of the molecule is COCCN(CC(=O)OC)C(=O)c1cc2c(C)nn(Cc3ccc(F)cc3)c2s1. The van der Waals surface area contributed by atoms with Crippen LogP contribution in [0.3, 0.4) is 0 Å². The Morgan fingerprint density at radius 1 is 1.24 bits per heavy atom. The van der Waals surface area contributed by atoms with E-state index in [1.54, 1.807) is 22.9 Å². The Kier molecular flexibility index (Phi) is 6.60. The molecule has 0 saturated carbocycles. The second kappa shape index (κ2) is 9.15. The molecule has 3 aromatic rings. The Morgan fingerprint density at radius 3 is 2.62 bits per heavy atom. The molecule has 0 radical (unpaired) electrons. The van der Waals surface area contributed by atoms with E-state index in [2.05, 4.69) is 5.10 Å². The lowest BCUT2D eigenvalue weighted by Gasteiger charge is -2.20. The van der Waals surface area contributed by atoms with Crippen LogP contribution in [0, 0.1) is 12.7 Å². The highest BCUT2D eigenvalue weighted by Gasteiger charge is 2.23. The third kappa shape index (κ3) is 4.80. The molecule has 0 aliphatic rings. The zero-order valence-electron chi connectivity index (χ0n) is 16.5. The largest absolute Gasteiger partial charge is 0.468 e. The fourth-order valence-electron chi connectivity index (χ4n) is 2.92. The van der Waals surface area contributed by atoms with Crippen molar-refractivity contribution < 1.29 is 23.5 Å². The molecular formula is C20H22FN3O4S. The lowest BCUT2D eigenvalue weighted by molar-refractivity contribution is -0.141. The van der Waals surface area contributed by atoms with Crippen molar-refractivity contribution in [2.24, 2.45) is 0 Å². The van der Waals surface area contributed by atoms with E-state index < -0.39 is 5.97 Å². The Morgan fingerprint density at radius 2 is 1.97 bits per heavy atom. The van der Waals surface area contributed by atoms with Crippen LogP contribution in [0.1, 0.15) is 20.9 Å². The van der Waals surface area contributed by atoms with Gasteiger partial charge in [-0.05, 0) is 30.7 Å². The predicted octanol–water partition coefficient (Wildman–Crippen LogP) is 2.86. The van der Waals surface area contributed by atoms with E-state index in [9.17, 15) is 14.0 Å². The number of rotatable bonds is 8. The van der Waals surface area contributed by atoms with E-state index in [0.717, 1.165) is 21.5 Å². The average molecular weight is 419 g/mol. The second-order valence-corrected chi connectivity index (χ2v) is 7.53. The summed E-state index contributed by atoms with van der Waals surface area (Å²) in [5, 5.41) is 5.42. The van der Waals surface area contributed by atoms with Crippen molar-refractivity contribution in [3.05, 3.63) is 52.3 Å². The van der Waals surface area contributed by atoms with Crippen molar-refractivity contribution in [2.75, 3.05) is 33.9 Å². The standard InChI is InChI=1S/C20H22FN3O4S/c1-13-16-10-17(19(26)23(8-9-27-2)12-18(25)28-3)29-20(16)24(22-13)11-14-4-6-15(21)7-5-14/h4-7,10H,8-9,11-12H2,1-3H3. The first-order chi connectivity index (χ1) is 13.9. The number of aryl methyl sites for hydroxylation is 1. The molecule has 0 atom stereocenters. The van der Waals surface area contributed by atoms with Gasteiger partial charge in [-0.1, -0.05) is 12.1 Å². The third-order valence-electron chi connectivity index (χ3n) is 4.46. The molecule has 154 valence electrons. The number of thiophene rings is 1. The third-order valence-corrected chi connectivity index (χ3v) is 5.60. The summed E-state index contributed by atoms with van der Waals surface area (Å²) in [5.41, 5.74) is 1.71. The minimum absolute atomic E-state index is 0.145. The van der Waals surface area contributed by atoms with E-state index in [1.165, 1.54) is 42.6 Å². The molecular weight excluding hydrogens is 397 g/mol. The Labute approximate surface area is 171 Å². The van der Waals surface area contributed by atoms with Crippen LogP contribution in [0.5, 0.6) is 0 Å². The normalized spacial score (nSPS) is 11.0. The molecule has 2 heterocycles. The highest BCUT2D eigenvalue weighted by Crippen LogP contribution is 2.29. The van der Waals surface area contributed by atoms with Crippen LogP contribution in [0.15, 0.2) is 30.3 Å². The van der Waals surface area contributed by atoms with Crippen molar-refractivity contribution in [1.82, 2.24) is 14.7 Å². The van der Waals surface area contributed by atoms with E-state index >= 15 is 0 Å². The number of hydrogen-bond donors (Lipinski definition) is 0. The van der Waals surface area contributed by atoms with Crippen molar-refractivity contribution >= 4 is 33.4 Å². The number of aromatic nitrogens is 2. The molecule has 7 nitrogen and oxygen atoms in total. The number of esters is 1. The van der Waals surface area contributed by atoms with Gasteiger partial charge in [0.25, 0.3) is 5.91 Å². The molecule has 1 aromatic carbocycles. The lowest BCUT2D eigenvalue weighted by Crippen LogP contribution is -2.38. The van der Waals surface area contributed by atoms with Gasteiger partial charge in [-0.25, -0.2) is 4.39 Å². The minimum Gasteiger partial charge on any atom is -0.468 e. The van der Waals surface area contributed by atoms with Crippen LogP contribution in [-0.2, 0) is 20.8 Å². The fourth-order valence-corrected chi connectivity index (χ4v) is 4.05. The molecule has 3 rings (SSSR count). The number of ether oxygens (including phenoxy) is 2. The Hall–Kier alpha value is -2.78. The zero-order chi connectivity index (χ0) is 21.0. The van der Waals surface area contributed by atoms with Crippen LogP contribution >= 0.6 is 11.3 Å². The maximum atomic E-state index is 13.2. The summed E-state index contributed by atoms with van der Waals surface area (Å²) in [5.74, 6) is -1.04. The summed E-state index contributed by atoms with van der Waals surface area (Å²) in [6.07, 6.45) is 0. The number of carbonyl (C=O) groups excluding carboxylic acids is 2. The van der Waals surface area contributed by atoms with Gasteiger partial charge >= 0.3 is 5.97 Å². The van der Waals surface area contributed by atoms with Gasteiger partial charge in [-0.2, -0.15) is 5.10 Å². The minimum atomic E-state index is -0.491. The lowest BCUT2D eigenvalue weighted by atomic mass is 10.2. The van der Waals surface area contributed by atoms with E-state index in [-0.39, 0.29) is 24.8 Å². The van der Waals surface area contributed by atoms with Gasteiger partial charge in [0.05, 0.1) is 30.8 Å². The monoisotopic (exact) mass is 419 g/mol. The molecule has 0 spiro atoms.